The summed E-state index contributed by atoms with van der Waals surface area (Å²) in [6.07, 6.45) is 3.15. The van der Waals surface area contributed by atoms with Crippen LogP contribution in [0, 0.1) is 11.6 Å². The molecular weight excluding hydrogens is 302 g/mol. The quantitative estimate of drug-likeness (QED) is 0.780. The third-order valence-corrected chi connectivity index (χ3v) is 3.87. The SMILES string of the molecule is Fc1ccc(-c2nc(Br)n3c2CCCC3)cc1F. The second-order valence-corrected chi connectivity index (χ2v) is 5.12. The standard InChI is InChI=1S/C13H11BrF2N2/c14-13-17-12(11-3-1-2-6-18(11)13)8-4-5-9(15)10(16)7-8/h4-5,7H,1-3,6H2. The molecular formula is C13H11BrF2N2. The van der Waals surface area contributed by atoms with Gasteiger partial charge in [0.25, 0.3) is 0 Å². The van der Waals surface area contributed by atoms with E-state index in [2.05, 4.69) is 25.5 Å². The van der Waals surface area contributed by atoms with E-state index in [0.29, 0.717) is 5.56 Å². The Morgan fingerprint density at radius 1 is 1.17 bits per heavy atom. The van der Waals surface area contributed by atoms with Gasteiger partial charge in [0.1, 0.15) is 0 Å². The molecule has 0 aliphatic carbocycles. The molecule has 0 amide bonds. The minimum atomic E-state index is -0.832. The molecule has 1 aromatic heterocycles. The largest absolute Gasteiger partial charge is 0.322 e. The van der Waals surface area contributed by atoms with Gasteiger partial charge < -0.3 is 4.57 Å². The first kappa shape index (κ1) is 11.8. The van der Waals surface area contributed by atoms with E-state index in [9.17, 15) is 8.78 Å². The summed E-state index contributed by atoms with van der Waals surface area (Å²) >= 11 is 3.42. The Bertz CT molecular complexity index is 607. The summed E-state index contributed by atoms with van der Waals surface area (Å²) in [6, 6.07) is 3.93. The van der Waals surface area contributed by atoms with E-state index in [-0.39, 0.29) is 0 Å². The maximum absolute atomic E-state index is 13.3. The Morgan fingerprint density at radius 3 is 2.78 bits per heavy atom. The molecule has 2 heterocycles. The number of hydrogen-bond acceptors (Lipinski definition) is 1. The third kappa shape index (κ3) is 1.86. The fourth-order valence-electron chi connectivity index (χ4n) is 2.37. The van der Waals surface area contributed by atoms with Crippen molar-refractivity contribution in [2.75, 3.05) is 0 Å². The van der Waals surface area contributed by atoms with Crippen LogP contribution in [0.5, 0.6) is 0 Å². The molecule has 0 radical (unpaired) electrons. The zero-order valence-corrected chi connectivity index (χ0v) is 11.2. The molecule has 0 saturated carbocycles. The molecule has 1 aliphatic heterocycles. The first-order valence-corrected chi connectivity index (χ1v) is 6.66. The normalized spacial score (nSPS) is 14.6. The van der Waals surface area contributed by atoms with Gasteiger partial charge in [-0.15, -0.1) is 0 Å². The highest BCUT2D eigenvalue weighted by atomic mass is 79.9. The highest BCUT2D eigenvalue weighted by molar-refractivity contribution is 9.10. The maximum Gasteiger partial charge on any atom is 0.177 e. The van der Waals surface area contributed by atoms with E-state index in [1.807, 2.05) is 0 Å². The lowest BCUT2D eigenvalue weighted by atomic mass is 10.0. The van der Waals surface area contributed by atoms with Crippen LogP contribution in [-0.2, 0) is 13.0 Å². The first-order valence-electron chi connectivity index (χ1n) is 5.87. The molecule has 18 heavy (non-hydrogen) atoms. The minimum Gasteiger partial charge on any atom is -0.322 e. The van der Waals surface area contributed by atoms with Crippen LogP contribution in [0.15, 0.2) is 22.9 Å². The van der Waals surface area contributed by atoms with Crippen LogP contribution in [0.1, 0.15) is 18.5 Å². The van der Waals surface area contributed by atoms with Crippen molar-refractivity contribution in [3.8, 4) is 11.3 Å². The Balaban J connectivity index is 2.14. The molecule has 94 valence electrons. The van der Waals surface area contributed by atoms with Crippen LogP contribution >= 0.6 is 15.9 Å². The van der Waals surface area contributed by atoms with Crippen molar-refractivity contribution in [3.05, 3.63) is 40.3 Å². The smallest absolute Gasteiger partial charge is 0.177 e. The van der Waals surface area contributed by atoms with Gasteiger partial charge in [-0.3, -0.25) is 0 Å². The Morgan fingerprint density at radius 2 is 2.00 bits per heavy atom. The number of rotatable bonds is 1. The summed E-state index contributed by atoms with van der Waals surface area (Å²) < 4.78 is 29.1. The molecule has 0 bridgehead atoms. The number of benzene rings is 1. The molecule has 0 N–H and O–H groups in total. The van der Waals surface area contributed by atoms with Crippen molar-refractivity contribution in [2.45, 2.75) is 25.8 Å². The summed E-state index contributed by atoms with van der Waals surface area (Å²) in [7, 11) is 0. The molecule has 0 saturated heterocycles. The van der Waals surface area contributed by atoms with E-state index in [0.717, 1.165) is 48.0 Å². The molecule has 1 aromatic carbocycles. The van der Waals surface area contributed by atoms with Crippen LogP contribution in [0.3, 0.4) is 0 Å². The fourth-order valence-corrected chi connectivity index (χ4v) is 2.94. The van der Waals surface area contributed by atoms with Crippen molar-refractivity contribution in [1.29, 1.82) is 0 Å². The highest BCUT2D eigenvalue weighted by Crippen LogP contribution is 2.31. The van der Waals surface area contributed by atoms with Gasteiger partial charge in [-0.25, -0.2) is 13.8 Å². The third-order valence-electron chi connectivity index (χ3n) is 3.26. The molecule has 5 heteroatoms. The lowest BCUT2D eigenvalue weighted by Crippen LogP contribution is -2.10. The molecule has 1 aliphatic rings. The van der Waals surface area contributed by atoms with Crippen LogP contribution < -0.4 is 0 Å². The van der Waals surface area contributed by atoms with Crippen LogP contribution in [0.25, 0.3) is 11.3 Å². The minimum absolute atomic E-state index is 0.630. The van der Waals surface area contributed by atoms with Crippen LogP contribution in [-0.4, -0.2) is 9.55 Å². The summed E-state index contributed by atoms with van der Waals surface area (Å²) in [5, 5.41) is 0. The van der Waals surface area contributed by atoms with Gasteiger partial charge in [0.05, 0.1) is 5.69 Å². The summed E-state index contributed by atoms with van der Waals surface area (Å²) in [5.41, 5.74) is 2.48. The average Bonchev–Trinajstić information content (AvgIpc) is 2.71. The predicted octanol–water partition coefficient (Wildman–Crippen LogP) is 3.93. The molecule has 2 aromatic rings. The van der Waals surface area contributed by atoms with E-state index < -0.39 is 11.6 Å². The monoisotopic (exact) mass is 312 g/mol. The highest BCUT2D eigenvalue weighted by Gasteiger charge is 2.20. The zero-order valence-electron chi connectivity index (χ0n) is 9.59. The van der Waals surface area contributed by atoms with Gasteiger partial charge >= 0.3 is 0 Å². The number of halogens is 3. The van der Waals surface area contributed by atoms with Crippen LogP contribution in [0.4, 0.5) is 8.78 Å². The van der Waals surface area contributed by atoms with Gasteiger partial charge in [-0.05, 0) is 53.4 Å². The van der Waals surface area contributed by atoms with Gasteiger partial charge in [-0.1, -0.05) is 0 Å². The van der Waals surface area contributed by atoms with Crippen molar-refractivity contribution in [3.63, 3.8) is 0 Å². The topological polar surface area (TPSA) is 17.8 Å². The second-order valence-electron chi connectivity index (χ2n) is 4.41. The van der Waals surface area contributed by atoms with Gasteiger partial charge in [0.2, 0.25) is 0 Å². The molecule has 2 nitrogen and oxygen atoms in total. The van der Waals surface area contributed by atoms with Gasteiger partial charge in [-0.2, -0.15) is 0 Å². The Hall–Kier alpha value is -1.23. The summed E-state index contributed by atoms with van der Waals surface area (Å²) in [4.78, 5) is 4.42. The molecule has 0 unspecified atom stereocenters. The van der Waals surface area contributed by atoms with Crippen molar-refractivity contribution >= 4 is 15.9 Å². The predicted molar refractivity (Wildman–Crippen MR) is 68.2 cm³/mol. The second kappa shape index (κ2) is 4.46. The molecule has 3 rings (SSSR count). The van der Waals surface area contributed by atoms with Crippen molar-refractivity contribution in [2.24, 2.45) is 0 Å². The Labute approximate surface area is 112 Å². The van der Waals surface area contributed by atoms with E-state index >= 15 is 0 Å². The average molecular weight is 313 g/mol. The first-order chi connectivity index (χ1) is 8.66. The van der Waals surface area contributed by atoms with E-state index in [1.54, 1.807) is 6.07 Å². The molecule has 0 atom stereocenters. The maximum atomic E-state index is 13.3. The summed E-state index contributed by atoms with van der Waals surface area (Å²) in [5.74, 6) is -1.66. The van der Waals surface area contributed by atoms with Crippen molar-refractivity contribution in [1.82, 2.24) is 9.55 Å². The zero-order chi connectivity index (χ0) is 12.7. The lowest BCUT2D eigenvalue weighted by molar-refractivity contribution is 0.509. The molecule has 0 spiro atoms. The number of fused-ring (bicyclic) bond motifs is 1. The van der Waals surface area contributed by atoms with Crippen LogP contribution in [0.2, 0.25) is 0 Å². The Kier molecular flexibility index (Phi) is 2.93. The lowest BCUT2D eigenvalue weighted by Gasteiger charge is -2.15. The van der Waals surface area contributed by atoms with E-state index in [4.69, 9.17) is 0 Å². The van der Waals surface area contributed by atoms with Gasteiger partial charge in [0, 0.05) is 17.8 Å². The number of aromatic nitrogens is 2. The fraction of sp³-hybridized carbons (Fsp3) is 0.308. The number of imidazole rings is 1. The van der Waals surface area contributed by atoms with Crippen molar-refractivity contribution < 1.29 is 8.78 Å². The van der Waals surface area contributed by atoms with E-state index in [1.165, 1.54) is 6.07 Å². The molecule has 0 fully saturated rings. The summed E-state index contributed by atoms with van der Waals surface area (Å²) in [6.45, 7) is 0.923. The number of nitrogens with zero attached hydrogens (tertiary/aromatic N) is 2. The van der Waals surface area contributed by atoms with Gasteiger partial charge in [0.15, 0.2) is 16.4 Å². The number of hydrogen-bond donors (Lipinski definition) is 0.